The average molecular weight is 247 g/mol. The van der Waals surface area contributed by atoms with Gasteiger partial charge in [0.05, 0.1) is 17.3 Å². The molecule has 0 amide bonds. The van der Waals surface area contributed by atoms with Crippen molar-refractivity contribution in [3.8, 4) is 6.07 Å². The Morgan fingerprint density at radius 2 is 2.33 bits per heavy atom. The van der Waals surface area contributed by atoms with Crippen molar-refractivity contribution in [2.75, 3.05) is 18.0 Å². The first kappa shape index (κ1) is 12.8. The van der Waals surface area contributed by atoms with Gasteiger partial charge in [0, 0.05) is 19.1 Å². The molecule has 4 heteroatoms. The van der Waals surface area contributed by atoms with E-state index in [9.17, 15) is 4.39 Å². The van der Waals surface area contributed by atoms with Gasteiger partial charge in [0.2, 0.25) is 0 Å². The number of halogens is 1. The van der Waals surface area contributed by atoms with Gasteiger partial charge >= 0.3 is 0 Å². The van der Waals surface area contributed by atoms with Crippen molar-refractivity contribution in [2.45, 2.75) is 25.8 Å². The minimum atomic E-state index is -0.320. The van der Waals surface area contributed by atoms with Crippen molar-refractivity contribution in [1.29, 1.82) is 5.26 Å². The molecule has 96 valence electrons. The van der Waals surface area contributed by atoms with Crippen LogP contribution in [-0.2, 0) is 0 Å². The number of hydrogen-bond acceptors (Lipinski definition) is 3. The molecule has 2 atom stereocenters. The van der Waals surface area contributed by atoms with Crippen LogP contribution in [0.3, 0.4) is 0 Å². The molecule has 0 spiro atoms. The molecule has 2 rings (SSSR count). The Hall–Kier alpha value is -1.60. The molecule has 0 bridgehead atoms. The number of nitrogens with two attached hydrogens (primary N) is 1. The standard InChI is InChI=1S/C14H18FN3/c1-10(17)12-3-2-6-18(9-12)14-5-4-11(8-16)7-13(14)15/h4-5,7,10,12H,2-3,6,9,17H2,1H3. The monoisotopic (exact) mass is 247 g/mol. The van der Waals surface area contributed by atoms with Gasteiger partial charge in [-0.05, 0) is 43.9 Å². The lowest BCUT2D eigenvalue weighted by molar-refractivity contribution is 0.362. The smallest absolute Gasteiger partial charge is 0.147 e. The number of nitriles is 1. The summed E-state index contributed by atoms with van der Waals surface area (Å²) in [6.45, 7) is 3.65. The van der Waals surface area contributed by atoms with E-state index in [1.807, 2.05) is 17.9 Å². The van der Waals surface area contributed by atoms with Crippen LogP contribution in [0.1, 0.15) is 25.3 Å². The molecule has 1 aromatic rings. The van der Waals surface area contributed by atoms with Crippen LogP contribution in [0.15, 0.2) is 18.2 Å². The van der Waals surface area contributed by atoms with Crippen molar-refractivity contribution < 1.29 is 4.39 Å². The third-order valence-corrected chi connectivity index (χ3v) is 3.62. The normalized spacial score (nSPS) is 21.4. The molecule has 1 saturated heterocycles. The molecular weight excluding hydrogens is 229 g/mol. The van der Waals surface area contributed by atoms with E-state index in [-0.39, 0.29) is 11.9 Å². The van der Waals surface area contributed by atoms with Gasteiger partial charge in [-0.25, -0.2) is 4.39 Å². The summed E-state index contributed by atoms with van der Waals surface area (Å²) in [5.74, 6) is 0.0909. The summed E-state index contributed by atoms with van der Waals surface area (Å²) < 4.78 is 13.9. The van der Waals surface area contributed by atoms with Crippen molar-refractivity contribution in [2.24, 2.45) is 11.7 Å². The summed E-state index contributed by atoms with van der Waals surface area (Å²) in [4.78, 5) is 2.04. The molecule has 3 nitrogen and oxygen atoms in total. The summed E-state index contributed by atoms with van der Waals surface area (Å²) in [6, 6.07) is 6.73. The Bertz CT molecular complexity index is 465. The Balaban J connectivity index is 2.19. The number of anilines is 1. The van der Waals surface area contributed by atoms with Gasteiger partial charge in [-0.3, -0.25) is 0 Å². The van der Waals surface area contributed by atoms with Crippen molar-refractivity contribution in [1.82, 2.24) is 0 Å². The van der Waals surface area contributed by atoms with Crippen LogP contribution < -0.4 is 10.6 Å². The van der Waals surface area contributed by atoms with Gasteiger partial charge in [0.1, 0.15) is 5.82 Å². The zero-order valence-electron chi connectivity index (χ0n) is 10.6. The largest absolute Gasteiger partial charge is 0.369 e. The lowest BCUT2D eigenvalue weighted by Gasteiger charge is -2.36. The van der Waals surface area contributed by atoms with E-state index in [0.29, 0.717) is 17.2 Å². The quantitative estimate of drug-likeness (QED) is 0.872. The first-order valence-corrected chi connectivity index (χ1v) is 6.32. The molecule has 1 heterocycles. The highest BCUT2D eigenvalue weighted by Crippen LogP contribution is 2.27. The zero-order valence-corrected chi connectivity index (χ0v) is 10.6. The molecule has 1 fully saturated rings. The molecule has 0 saturated carbocycles. The van der Waals surface area contributed by atoms with Crippen LogP contribution in [0.5, 0.6) is 0 Å². The van der Waals surface area contributed by atoms with Gasteiger partial charge in [0.15, 0.2) is 0 Å². The van der Waals surface area contributed by atoms with E-state index < -0.39 is 0 Å². The fourth-order valence-electron chi connectivity index (χ4n) is 2.49. The Labute approximate surface area is 107 Å². The van der Waals surface area contributed by atoms with E-state index in [1.165, 1.54) is 6.07 Å². The van der Waals surface area contributed by atoms with Crippen LogP contribution >= 0.6 is 0 Å². The fourth-order valence-corrected chi connectivity index (χ4v) is 2.49. The molecule has 2 unspecified atom stereocenters. The van der Waals surface area contributed by atoms with Crippen molar-refractivity contribution in [3.05, 3.63) is 29.6 Å². The summed E-state index contributed by atoms with van der Waals surface area (Å²) in [5, 5.41) is 8.73. The summed E-state index contributed by atoms with van der Waals surface area (Å²) in [7, 11) is 0. The summed E-state index contributed by atoms with van der Waals surface area (Å²) in [6.07, 6.45) is 2.14. The Kier molecular flexibility index (Phi) is 3.83. The number of rotatable bonds is 2. The molecule has 18 heavy (non-hydrogen) atoms. The van der Waals surface area contributed by atoms with Gasteiger partial charge in [-0.15, -0.1) is 0 Å². The van der Waals surface area contributed by atoms with Crippen LogP contribution in [0.2, 0.25) is 0 Å². The first-order chi connectivity index (χ1) is 8.61. The second kappa shape index (κ2) is 5.36. The van der Waals surface area contributed by atoms with E-state index >= 15 is 0 Å². The fraction of sp³-hybridized carbons (Fsp3) is 0.500. The predicted molar refractivity (Wildman–Crippen MR) is 69.7 cm³/mol. The van der Waals surface area contributed by atoms with E-state index in [0.717, 1.165) is 25.9 Å². The SMILES string of the molecule is CC(N)C1CCCN(c2ccc(C#N)cc2F)C1. The lowest BCUT2D eigenvalue weighted by Crippen LogP contribution is -2.42. The second-order valence-electron chi connectivity index (χ2n) is 4.99. The third kappa shape index (κ3) is 2.62. The molecule has 1 aliphatic rings. The maximum absolute atomic E-state index is 13.9. The van der Waals surface area contributed by atoms with Crippen LogP contribution in [0.4, 0.5) is 10.1 Å². The van der Waals surface area contributed by atoms with E-state index in [4.69, 9.17) is 11.0 Å². The second-order valence-corrected chi connectivity index (χ2v) is 4.99. The molecule has 0 aliphatic carbocycles. The highest BCUT2D eigenvalue weighted by molar-refractivity contribution is 5.51. The number of hydrogen-bond donors (Lipinski definition) is 1. The number of piperidine rings is 1. The zero-order chi connectivity index (χ0) is 13.1. The topological polar surface area (TPSA) is 53.0 Å². The van der Waals surface area contributed by atoms with Crippen LogP contribution in [-0.4, -0.2) is 19.1 Å². The van der Waals surface area contributed by atoms with Crippen LogP contribution in [0.25, 0.3) is 0 Å². The Morgan fingerprint density at radius 1 is 1.56 bits per heavy atom. The van der Waals surface area contributed by atoms with Gasteiger partial charge in [-0.1, -0.05) is 0 Å². The number of nitrogens with zero attached hydrogens (tertiary/aromatic N) is 2. The van der Waals surface area contributed by atoms with E-state index in [1.54, 1.807) is 12.1 Å². The first-order valence-electron chi connectivity index (χ1n) is 6.32. The third-order valence-electron chi connectivity index (χ3n) is 3.62. The molecular formula is C14H18FN3. The highest BCUT2D eigenvalue weighted by Gasteiger charge is 2.24. The maximum Gasteiger partial charge on any atom is 0.147 e. The molecule has 1 aromatic carbocycles. The lowest BCUT2D eigenvalue weighted by atomic mass is 9.92. The molecule has 1 aliphatic heterocycles. The van der Waals surface area contributed by atoms with Gasteiger partial charge in [0.25, 0.3) is 0 Å². The van der Waals surface area contributed by atoms with Crippen molar-refractivity contribution >= 4 is 5.69 Å². The minimum Gasteiger partial charge on any atom is -0.369 e. The van der Waals surface area contributed by atoms with Gasteiger partial charge < -0.3 is 10.6 Å². The average Bonchev–Trinajstić information content (AvgIpc) is 2.38. The Morgan fingerprint density at radius 3 is 2.94 bits per heavy atom. The molecule has 2 N–H and O–H groups in total. The van der Waals surface area contributed by atoms with Crippen LogP contribution in [0, 0.1) is 23.1 Å². The summed E-state index contributed by atoms with van der Waals surface area (Å²) in [5.41, 5.74) is 6.87. The van der Waals surface area contributed by atoms with E-state index in [2.05, 4.69) is 0 Å². The summed E-state index contributed by atoms with van der Waals surface area (Å²) >= 11 is 0. The maximum atomic E-state index is 13.9. The van der Waals surface area contributed by atoms with Crippen molar-refractivity contribution in [3.63, 3.8) is 0 Å². The predicted octanol–water partition coefficient (Wildman–Crippen LogP) is 2.26. The minimum absolute atomic E-state index is 0.134. The molecule has 0 radical (unpaired) electrons. The molecule has 0 aromatic heterocycles. The number of benzene rings is 1. The van der Waals surface area contributed by atoms with Gasteiger partial charge in [-0.2, -0.15) is 5.26 Å². The highest BCUT2D eigenvalue weighted by atomic mass is 19.1.